The molecule has 1 fully saturated rings. The first-order valence-corrected chi connectivity index (χ1v) is 10.5. The number of amides is 1. The second-order valence-corrected chi connectivity index (χ2v) is 9.02. The monoisotopic (exact) mass is 409 g/mol. The van der Waals surface area contributed by atoms with Crippen molar-refractivity contribution >= 4 is 11.7 Å². The van der Waals surface area contributed by atoms with Crippen LogP contribution in [0.15, 0.2) is 48.7 Å². The standard InChI is InChI=1S/C23H27N3O4/c1-23-11-6-5-8-16(23)19(15-7-3-4-9-18(15)30-13-23)26-14-24(2)22(29)20-21(28)17(27)10-12-25(20)26/h3-5,7-10,12,16,19-21,28H,6,11,13-14H2,1-2H3. The van der Waals surface area contributed by atoms with Crippen molar-refractivity contribution in [1.29, 1.82) is 0 Å². The minimum Gasteiger partial charge on any atom is -0.493 e. The van der Waals surface area contributed by atoms with Crippen LogP contribution in [0, 0.1) is 11.3 Å². The fourth-order valence-corrected chi connectivity index (χ4v) is 5.30. The Morgan fingerprint density at radius 1 is 1.20 bits per heavy atom. The lowest BCUT2D eigenvalue weighted by molar-refractivity contribution is -0.190. The van der Waals surface area contributed by atoms with E-state index in [4.69, 9.17) is 4.74 Å². The fourth-order valence-electron chi connectivity index (χ4n) is 5.30. The van der Waals surface area contributed by atoms with Crippen molar-refractivity contribution in [2.75, 3.05) is 20.3 Å². The molecule has 1 aromatic rings. The Balaban J connectivity index is 1.66. The third-order valence-corrected chi connectivity index (χ3v) is 7.04. The van der Waals surface area contributed by atoms with Crippen LogP contribution in [0.3, 0.4) is 0 Å². The summed E-state index contributed by atoms with van der Waals surface area (Å²) in [6.07, 6.45) is 8.16. The summed E-state index contributed by atoms with van der Waals surface area (Å²) in [6.45, 7) is 3.25. The van der Waals surface area contributed by atoms with Crippen molar-refractivity contribution in [1.82, 2.24) is 14.9 Å². The second-order valence-electron chi connectivity index (χ2n) is 9.02. The SMILES string of the molecule is CN1CN(C2c3ccccc3OCC3(C)CCC=CC23)N2C=CC(=O)C(O)C2C1=O. The molecule has 0 saturated carbocycles. The van der Waals surface area contributed by atoms with Crippen LogP contribution in [-0.4, -0.2) is 64.2 Å². The molecule has 158 valence electrons. The van der Waals surface area contributed by atoms with Gasteiger partial charge in [0.05, 0.1) is 19.3 Å². The minimum atomic E-state index is -1.38. The number of fused-ring (bicyclic) bond motifs is 3. The molecule has 1 aliphatic carbocycles. The van der Waals surface area contributed by atoms with Crippen LogP contribution in [0.4, 0.5) is 0 Å². The zero-order valence-electron chi connectivity index (χ0n) is 17.3. The predicted molar refractivity (Wildman–Crippen MR) is 110 cm³/mol. The van der Waals surface area contributed by atoms with Crippen molar-refractivity contribution < 1.29 is 19.4 Å². The van der Waals surface area contributed by atoms with Crippen LogP contribution in [0.2, 0.25) is 0 Å². The fraction of sp³-hybridized carbons (Fsp3) is 0.478. The highest BCUT2D eigenvalue weighted by Gasteiger charge is 2.52. The van der Waals surface area contributed by atoms with Crippen molar-refractivity contribution in [3.63, 3.8) is 0 Å². The molecule has 0 spiro atoms. The summed E-state index contributed by atoms with van der Waals surface area (Å²) in [5.74, 6) is 0.309. The number of aliphatic hydroxyl groups is 1. The van der Waals surface area contributed by atoms with Gasteiger partial charge in [-0.25, -0.2) is 0 Å². The molecule has 5 atom stereocenters. The Morgan fingerprint density at radius 3 is 2.83 bits per heavy atom. The normalized spacial score (nSPS) is 36.0. The zero-order chi connectivity index (χ0) is 21.0. The van der Waals surface area contributed by atoms with Gasteiger partial charge in [0.25, 0.3) is 5.91 Å². The van der Waals surface area contributed by atoms with Gasteiger partial charge in [0, 0.05) is 36.2 Å². The Bertz CT molecular complexity index is 944. The topological polar surface area (TPSA) is 73.3 Å². The number of carbonyl (C=O) groups is 2. The maximum Gasteiger partial charge on any atom is 0.250 e. The van der Waals surface area contributed by atoms with E-state index in [-0.39, 0.29) is 23.3 Å². The zero-order valence-corrected chi connectivity index (χ0v) is 17.3. The van der Waals surface area contributed by atoms with E-state index in [1.807, 2.05) is 18.2 Å². The van der Waals surface area contributed by atoms with Crippen LogP contribution in [0.5, 0.6) is 5.75 Å². The first-order valence-electron chi connectivity index (χ1n) is 10.5. The second kappa shape index (κ2) is 6.96. The first-order chi connectivity index (χ1) is 14.4. The molecule has 0 aromatic heterocycles. The molecule has 1 saturated heterocycles. The van der Waals surface area contributed by atoms with Gasteiger partial charge in [-0.05, 0) is 18.9 Å². The molecule has 30 heavy (non-hydrogen) atoms. The first kappa shape index (κ1) is 19.3. The molecule has 7 nitrogen and oxygen atoms in total. The average Bonchev–Trinajstić information content (AvgIpc) is 2.87. The summed E-state index contributed by atoms with van der Waals surface area (Å²) in [5.41, 5.74) is 0.987. The van der Waals surface area contributed by atoms with Crippen molar-refractivity contribution in [2.45, 2.75) is 38.0 Å². The van der Waals surface area contributed by atoms with Gasteiger partial charge in [0.2, 0.25) is 0 Å². The molecule has 7 heteroatoms. The molecule has 5 unspecified atom stereocenters. The van der Waals surface area contributed by atoms with E-state index in [1.165, 1.54) is 6.08 Å². The molecule has 3 aliphatic heterocycles. The van der Waals surface area contributed by atoms with Gasteiger partial charge in [0.1, 0.15) is 11.9 Å². The number of hydrogen-bond donors (Lipinski definition) is 1. The lowest BCUT2D eigenvalue weighted by Gasteiger charge is -2.54. The molecule has 3 heterocycles. The third kappa shape index (κ3) is 2.80. The number of nitrogens with zero attached hydrogens (tertiary/aromatic N) is 3. The van der Waals surface area contributed by atoms with Crippen molar-refractivity contribution in [3.8, 4) is 5.75 Å². The van der Waals surface area contributed by atoms with Gasteiger partial charge in [0.15, 0.2) is 11.8 Å². The summed E-state index contributed by atoms with van der Waals surface area (Å²) < 4.78 is 6.28. The maximum absolute atomic E-state index is 12.9. The van der Waals surface area contributed by atoms with Crippen LogP contribution in [0.1, 0.15) is 31.4 Å². The van der Waals surface area contributed by atoms with E-state index in [0.29, 0.717) is 13.3 Å². The summed E-state index contributed by atoms with van der Waals surface area (Å²) in [5, 5.41) is 14.4. The number of likely N-dealkylation sites (N-methyl/N-ethyl adjacent to an activating group) is 1. The summed E-state index contributed by atoms with van der Waals surface area (Å²) in [4.78, 5) is 26.6. The highest BCUT2D eigenvalue weighted by Crippen LogP contribution is 2.52. The molecular weight excluding hydrogens is 382 g/mol. The molecule has 0 radical (unpaired) electrons. The van der Waals surface area contributed by atoms with E-state index in [0.717, 1.165) is 24.2 Å². The van der Waals surface area contributed by atoms with E-state index < -0.39 is 17.9 Å². The predicted octanol–water partition coefficient (Wildman–Crippen LogP) is 1.87. The maximum atomic E-state index is 12.9. The van der Waals surface area contributed by atoms with E-state index >= 15 is 0 Å². The van der Waals surface area contributed by atoms with Gasteiger partial charge in [-0.3, -0.25) is 14.6 Å². The van der Waals surface area contributed by atoms with Crippen LogP contribution < -0.4 is 4.74 Å². The average molecular weight is 409 g/mol. The number of allylic oxidation sites excluding steroid dienone is 1. The van der Waals surface area contributed by atoms with Crippen molar-refractivity contribution in [2.24, 2.45) is 11.3 Å². The van der Waals surface area contributed by atoms with Gasteiger partial charge in [-0.15, -0.1) is 0 Å². The van der Waals surface area contributed by atoms with Crippen LogP contribution in [0.25, 0.3) is 0 Å². The van der Waals surface area contributed by atoms with Gasteiger partial charge >= 0.3 is 0 Å². The number of rotatable bonds is 1. The van der Waals surface area contributed by atoms with Gasteiger partial charge in [-0.2, -0.15) is 5.01 Å². The molecule has 1 N–H and O–H groups in total. The Kier molecular flexibility index (Phi) is 4.48. The highest BCUT2D eigenvalue weighted by atomic mass is 16.5. The number of hydrogen-bond acceptors (Lipinski definition) is 6. The summed E-state index contributed by atoms with van der Waals surface area (Å²) >= 11 is 0. The van der Waals surface area contributed by atoms with E-state index in [2.05, 4.69) is 30.2 Å². The number of benzene rings is 1. The largest absolute Gasteiger partial charge is 0.493 e. The van der Waals surface area contributed by atoms with Gasteiger partial charge < -0.3 is 14.7 Å². The van der Waals surface area contributed by atoms with Crippen LogP contribution >= 0.6 is 0 Å². The number of aliphatic hydroxyl groups excluding tert-OH is 1. The summed E-state index contributed by atoms with van der Waals surface area (Å²) in [6, 6.07) is 7.00. The Labute approximate surface area is 176 Å². The lowest BCUT2D eigenvalue weighted by atomic mass is 9.67. The number of ketones is 1. The third-order valence-electron chi connectivity index (χ3n) is 7.04. The molecule has 4 aliphatic rings. The quantitative estimate of drug-likeness (QED) is 0.714. The molecule has 5 rings (SSSR count). The number of hydrazine groups is 1. The lowest BCUT2D eigenvalue weighted by Crippen LogP contribution is -2.68. The number of ether oxygens (including phenoxy) is 1. The number of para-hydroxylation sites is 1. The summed E-state index contributed by atoms with van der Waals surface area (Å²) in [7, 11) is 1.72. The minimum absolute atomic E-state index is 0.0676. The molecular formula is C23H27N3O4. The Morgan fingerprint density at radius 2 is 2.00 bits per heavy atom. The van der Waals surface area contributed by atoms with Crippen molar-refractivity contribution in [3.05, 3.63) is 54.3 Å². The molecule has 0 bridgehead atoms. The highest BCUT2D eigenvalue weighted by molar-refractivity contribution is 6.00. The number of carbonyl (C=O) groups excluding carboxylic acids is 2. The molecule has 1 amide bonds. The van der Waals surface area contributed by atoms with Crippen LogP contribution in [-0.2, 0) is 9.59 Å². The van der Waals surface area contributed by atoms with E-state index in [9.17, 15) is 14.7 Å². The smallest absolute Gasteiger partial charge is 0.250 e. The molecule has 1 aromatic carbocycles. The van der Waals surface area contributed by atoms with E-state index in [1.54, 1.807) is 23.2 Å². The Hall–Kier alpha value is -2.64. The van der Waals surface area contributed by atoms with Gasteiger partial charge in [-0.1, -0.05) is 37.3 Å².